The highest BCUT2D eigenvalue weighted by Gasteiger charge is 2.14. The van der Waals surface area contributed by atoms with Gasteiger partial charge in [-0.05, 0) is 50.1 Å². The van der Waals surface area contributed by atoms with Crippen LogP contribution in [0.1, 0.15) is 27.2 Å². The molecular weight excluding hydrogens is 274 g/mol. The third-order valence-electron chi connectivity index (χ3n) is 3.33. The standard InChI is InChI=1S/C14H25N3O2S/c1-4-9-16-20(18,19)14-7-5-13(6-8-14)17-12(3)11(2)10-15/h5-8,11-12,16-17H,4,9-10,15H2,1-3H3. The Morgan fingerprint density at radius 3 is 2.30 bits per heavy atom. The van der Waals surface area contributed by atoms with Crippen LogP contribution in [0.15, 0.2) is 29.2 Å². The van der Waals surface area contributed by atoms with Crippen LogP contribution in [-0.4, -0.2) is 27.5 Å². The average molecular weight is 299 g/mol. The van der Waals surface area contributed by atoms with Gasteiger partial charge in [0.25, 0.3) is 0 Å². The molecule has 0 aliphatic rings. The Balaban J connectivity index is 2.74. The molecule has 6 heteroatoms. The molecule has 0 spiro atoms. The fourth-order valence-corrected chi connectivity index (χ4v) is 2.79. The summed E-state index contributed by atoms with van der Waals surface area (Å²) in [4.78, 5) is 0.288. The molecule has 1 aromatic rings. The number of hydrogen-bond donors (Lipinski definition) is 3. The highest BCUT2D eigenvalue weighted by molar-refractivity contribution is 7.89. The lowest BCUT2D eigenvalue weighted by atomic mass is 10.0. The smallest absolute Gasteiger partial charge is 0.240 e. The maximum Gasteiger partial charge on any atom is 0.240 e. The van der Waals surface area contributed by atoms with E-state index < -0.39 is 10.0 Å². The molecule has 0 radical (unpaired) electrons. The maximum absolute atomic E-state index is 11.9. The van der Waals surface area contributed by atoms with E-state index in [1.54, 1.807) is 24.3 Å². The molecule has 2 unspecified atom stereocenters. The van der Waals surface area contributed by atoms with Crippen molar-refractivity contribution in [2.24, 2.45) is 11.7 Å². The van der Waals surface area contributed by atoms with Crippen molar-refractivity contribution in [3.63, 3.8) is 0 Å². The molecule has 5 nitrogen and oxygen atoms in total. The number of benzene rings is 1. The zero-order chi connectivity index (χ0) is 15.2. The molecule has 20 heavy (non-hydrogen) atoms. The van der Waals surface area contributed by atoms with Crippen LogP contribution in [-0.2, 0) is 10.0 Å². The van der Waals surface area contributed by atoms with Gasteiger partial charge in [-0.3, -0.25) is 0 Å². The van der Waals surface area contributed by atoms with E-state index in [1.165, 1.54) is 0 Å². The lowest BCUT2D eigenvalue weighted by Gasteiger charge is -2.21. The van der Waals surface area contributed by atoms with Gasteiger partial charge in [-0.25, -0.2) is 13.1 Å². The summed E-state index contributed by atoms with van der Waals surface area (Å²) in [6.45, 7) is 7.13. The zero-order valence-corrected chi connectivity index (χ0v) is 13.2. The Hall–Kier alpha value is -1.11. The third-order valence-corrected chi connectivity index (χ3v) is 4.80. The van der Waals surface area contributed by atoms with Gasteiger partial charge in [-0.2, -0.15) is 0 Å². The van der Waals surface area contributed by atoms with E-state index in [-0.39, 0.29) is 10.9 Å². The van der Waals surface area contributed by atoms with Gasteiger partial charge in [-0.15, -0.1) is 0 Å². The van der Waals surface area contributed by atoms with Gasteiger partial charge in [-0.1, -0.05) is 13.8 Å². The van der Waals surface area contributed by atoms with E-state index in [2.05, 4.69) is 23.9 Å². The summed E-state index contributed by atoms with van der Waals surface area (Å²) in [6.07, 6.45) is 0.771. The Morgan fingerprint density at radius 1 is 1.20 bits per heavy atom. The Kier molecular flexibility index (Phi) is 6.45. The fourth-order valence-electron chi connectivity index (χ4n) is 1.66. The van der Waals surface area contributed by atoms with E-state index in [0.29, 0.717) is 19.0 Å². The van der Waals surface area contributed by atoms with E-state index >= 15 is 0 Å². The molecule has 0 aliphatic carbocycles. The second-order valence-corrected chi connectivity index (χ2v) is 6.84. The Bertz CT molecular complexity index is 500. The molecule has 0 fully saturated rings. The first-order chi connectivity index (χ1) is 9.40. The summed E-state index contributed by atoms with van der Waals surface area (Å²) in [5.74, 6) is 0.352. The van der Waals surface area contributed by atoms with Crippen LogP contribution in [0.25, 0.3) is 0 Å². The van der Waals surface area contributed by atoms with Crippen LogP contribution in [0.4, 0.5) is 5.69 Å². The average Bonchev–Trinajstić information content (AvgIpc) is 2.44. The molecule has 4 N–H and O–H groups in total. The van der Waals surface area contributed by atoms with Gasteiger partial charge in [0.15, 0.2) is 0 Å². The summed E-state index contributed by atoms with van der Waals surface area (Å²) in [7, 11) is -3.39. The molecule has 0 amide bonds. The third kappa shape index (κ3) is 4.77. The predicted molar refractivity (Wildman–Crippen MR) is 83.2 cm³/mol. The second kappa shape index (κ2) is 7.61. The van der Waals surface area contributed by atoms with E-state index in [0.717, 1.165) is 12.1 Å². The van der Waals surface area contributed by atoms with Crippen molar-refractivity contribution in [3.8, 4) is 0 Å². The van der Waals surface area contributed by atoms with E-state index in [9.17, 15) is 8.42 Å². The van der Waals surface area contributed by atoms with E-state index in [1.807, 2.05) is 6.92 Å². The van der Waals surface area contributed by atoms with Gasteiger partial charge < -0.3 is 11.1 Å². The van der Waals surface area contributed by atoms with Crippen LogP contribution < -0.4 is 15.8 Å². The van der Waals surface area contributed by atoms with Crippen molar-refractivity contribution in [2.75, 3.05) is 18.4 Å². The fraction of sp³-hybridized carbons (Fsp3) is 0.571. The van der Waals surface area contributed by atoms with Crippen molar-refractivity contribution in [1.82, 2.24) is 4.72 Å². The molecule has 0 bridgehead atoms. The first-order valence-corrected chi connectivity index (χ1v) is 8.45. The van der Waals surface area contributed by atoms with Crippen LogP contribution in [0.3, 0.4) is 0 Å². The van der Waals surface area contributed by atoms with Crippen molar-refractivity contribution in [1.29, 1.82) is 0 Å². The quantitative estimate of drug-likeness (QED) is 0.683. The number of anilines is 1. The second-order valence-electron chi connectivity index (χ2n) is 5.07. The van der Waals surface area contributed by atoms with Crippen molar-refractivity contribution >= 4 is 15.7 Å². The highest BCUT2D eigenvalue weighted by atomic mass is 32.2. The SMILES string of the molecule is CCCNS(=O)(=O)c1ccc(NC(C)C(C)CN)cc1. The van der Waals surface area contributed by atoms with Crippen molar-refractivity contribution in [2.45, 2.75) is 38.1 Å². The predicted octanol–water partition coefficient (Wildman–Crippen LogP) is 1.77. The van der Waals surface area contributed by atoms with Crippen LogP contribution in [0, 0.1) is 5.92 Å². The number of nitrogens with two attached hydrogens (primary N) is 1. The molecule has 0 aliphatic heterocycles. The van der Waals surface area contributed by atoms with Crippen molar-refractivity contribution in [3.05, 3.63) is 24.3 Å². The molecule has 0 saturated carbocycles. The van der Waals surface area contributed by atoms with Crippen LogP contribution in [0.2, 0.25) is 0 Å². The number of sulfonamides is 1. The lowest BCUT2D eigenvalue weighted by molar-refractivity contribution is 0.521. The maximum atomic E-state index is 11.9. The Labute approximate surface area is 122 Å². The van der Waals surface area contributed by atoms with Crippen LogP contribution >= 0.6 is 0 Å². The summed E-state index contributed by atoms with van der Waals surface area (Å²) in [5, 5.41) is 3.32. The molecular formula is C14H25N3O2S. The topological polar surface area (TPSA) is 84.2 Å². The zero-order valence-electron chi connectivity index (χ0n) is 12.4. The summed E-state index contributed by atoms with van der Waals surface area (Å²) < 4.78 is 26.4. The Morgan fingerprint density at radius 2 is 1.80 bits per heavy atom. The largest absolute Gasteiger partial charge is 0.382 e. The number of nitrogens with one attached hydrogen (secondary N) is 2. The molecule has 114 valence electrons. The summed E-state index contributed by atoms with van der Waals surface area (Å²) in [6, 6.07) is 7.02. The number of hydrogen-bond acceptors (Lipinski definition) is 4. The van der Waals surface area contributed by atoms with E-state index in [4.69, 9.17) is 5.73 Å². The molecule has 2 atom stereocenters. The monoisotopic (exact) mass is 299 g/mol. The van der Waals surface area contributed by atoms with Gasteiger partial charge in [0, 0.05) is 18.3 Å². The highest BCUT2D eigenvalue weighted by Crippen LogP contribution is 2.16. The minimum atomic E-state index is -3.39. The van der Waals surface area contributed by atoms with Crippen molar-refractivity contribution < 1.29 is 8.42 Å². The minimum absolute atomic E-state index is 0.237. The number of rotatable bonds is 8. The van der Waals surface area contributed by atoms with Gasteiger partial charge in [0.05, 0.1) is 4.90 Å². The minimum Gasteiger partial charge on any atom is -0.382 e. The lowest BCUT2D eigenvalue weighted by Crippen LogP contribution is -2.29. The molecule has 1 rings (SSSR count). The molecule has 1 aromatic carbocycles. The first-order valence-electron chi connectivity index (χ1n) is 6.97. The molecule has 0 heterocycles. The van der Waals surface area contributed by atoms with Gasteiger partial charge in [0.2, 0.25) is 10.0 Å². The molecule has 0 aromatic heterocycles. The van der Waals surface area contributed by atoms with Gasteiger partial charge >= 0.3 is 0 Å². The summed E-state index contributed by atoms with van der Waals surface area (Å²) in [5.41, 5.74) is 6.52. The normalized spacial score (nSPS) is 14.8. The molecule has 0 saturated heterocycles. The first kappa shape index (κ1) is 16.9. The van der Waals surface area contributed by atoms with Crippen LogP contribution in [0.5, 0.6) is 0 Å². The van der Waals surface area contributed by atoms with Gasteiger partial charge in [0.1, 0.15) is 0 Å². The summed E-state index contributed by atoms with van der Waals surface area (Å²) >= 11 is 0.